The molecule has 1 aromatic carbocycles. The van der Waals surface area contributed by atoms with E-state index in [0.717, 1.165) is 25.5 Å². The number of rotatable bonds is 7. The average Bonchev–Trinajstić information content (AvgIpc) is 2.89. The van der Waals surface area contributed by atoms with Crippen LogP contribution in [-0.4, -0.2) is 19.2 Å². The molecule has 0 aromatic heterocycles. The van der Waals surface area contributed by atoms with Crippen LogP contribution in [0.15, 0.2) is 18.2 Å². The van der Waals surface area contributed by atoms with Crippen molar-refractivity contribution >= 4 is 0 Å². The normalized spacial score (nSPS) is 22.1. The first-order valence-electron chi connectivity index (χ1n) is 7.52. The maximum Gasteiger partial charge on any atom is 0.200 e. The van der Waals surface area contributed by atoms with Gasteiger partial charge in [-0.15, -0.1) is 0 Å². The minimum Gasteiger partial charge on any atom is -0.490 e. The lowest BCUT2D eigenvalue weighted by atomic mass is 10.00. The summed E-state index contributed by atoms with van der Waals surface area (Å²) >= 11 is 0. The van der Waals surface area contributed by atoms with Crippen molar-refractivity contribution < 1.29 is 13.5 Å². The van der Waals surface area contributed by atoms with Crippen LogP contribution in [-0.2, 0) is 0 Å². The Morgan fingerprint density at radius 2 is 2.15 bits per heavy atom. The number of hydrogen-bond donors (Lipinski definition) is 1. The SMILES string of the molecule is CCCNC1CCCC1CCOc1cccc(F)c1F. The second kappa shape index (κ2) is 7.58. The summed E-state index contributed by atoms with van der Waals surface area (Å²) in [6.45, 7) is 3.64. The molecule has 0 saturated heterocycles. The quantitative estimate of drug-likeness (QED) is 0.819. The molecule has 0 amide bonds. The Balaban J connectivity index is 1.79. The van der Waals surface area contributed by atoms with Crippen LogP contribution in [0.25, 0.3) is 0 Å². The third-order valence-corrected chi connectivity index (χ3v) is 3.98. The first kappa shape index (κ1) is 15.2. The average molecular weight is 283 g/mol. The fraction of sp³-hybridized carbons (Fsp3) is 0.625. The van der Waals surface area contributed by atoms with Gasteiger partial charge in [0, 0.05) is 6.04 Å². The predicted octanol–water partition coefficient (Wildman–Crippen LogP) is 3.90. The first-order chi connectivity index (χ1) is 9.72. The predicted molar refractivity (Wildman–Crippen MR) is 75.9 cm³/mol. The molecule has 4 heteroatoms. The molecule has 0 spiro atoms. The van der Waals surface area contributed by atoms with E-state index in [1.54, 1.807) is 0 Å². The number of halogens is 2. The van der Waals surface area contributed by atoms with Crippen molar-refractivity contribution in [2.75, 3.05) is 13.2 Å². The lowest BCUT2D eigenvalue weighted by molar-refractivity contribution is 0.248. The lowest BCUT2D eigenvalue weighted by Crippen LogP contribution is -2.33. The molecule has 0 heterocycles. The molecular weight excluding hydrogens is 260 g/mol. The Kier molecular flexibility index (Phi) is 5.77. The molecule has 1 fully saturated rings. The zero-order valence-electron chi connectivity index (χ0n) is 12.0. The van der Waals surface area contributed by atoms with Gasteiger partial charge in [0.05, 0.1) is 6.61 Å². The summed E-state index contributed by atoms with van der Waals surface area (Å²) in [4.78, 5) is 0. The molecule has 0 aliphatic heterocycles. The van der Waals surface area contributed by atoms with Crippen molar-refractivity contribution in [1.29, 1.82) is 0 Å². The van der Waals surface area contributed by atoms with Crippen molar-refractivity contribution in [3.63, 3.8) is 0 Å². The Morgan fingerprint density at radius 3 is 2.95 bits per heavy atom. The molecule has 0 radical (unpaired) electrons. The summed E-state index contributed by atoms with van der Waals surface area (Å²) in [6.07, 6.45) is 5.65. The van der Waals surface area contributed by atoms with Crippen LogP contribution in [0, 0.1) is 17.6 Å². The molecule has 1 aliphatic rings. The van der Waals surface area contributed by atoms with Gasteiger partial charge in [0.1, 0.15) is 0 Å². The van der Waals surface area contributed by atoms with E-state index >= 15 is 0 Å². The highest BCUT2D eigenvalue weighted by atomic mass is 19.2. The van der Waals surface area contributed by atoms with Crippen LogP contribution in [0.5, 0.6) is 5.75 Å². The molecule has 112 valence electrons. The second-order valence-electron chi connectivity index (χ2n) is 5.44. The van der Waals surface area contributed by atoms with Gasteiger partial charge < -0.3 is 10.1 Å². The van der Waals surface area contributed by atoms with Crippen LogP contribution in [0.1, 0.15) is 39.0 Å². The second-order valence-corrected chi connectivity index (χ2v) is 5.44. The van der Waals surface area contributed by atoms with Gasteiger partial charge in [0.2, 0.25) is 5.82 Å². The maximum absolute atomic E-state index is 13.4. The van der Waals surface area contributed by atoms with Gasteiger partial charge in [-0.1, -0.05) is 19.4 Å². The molecule has 0 bridgehead atoms. The van der Waals surface area contributed by atoms with Gasteiger partial charge in [0.15, 0.2) is 11.6 Å². The number of ether oxygens (including phenoxy) is 1. The molecule has 2 nitrogen and oxygen atoms in total. The molecule has 1 aromatic rings. The molecule has 1 aliphatic carbocycles. The summed E-state index contributed by atoms with van der Waals surface area (Å²) < 4.78 is 31.9. The molecule has 2 rings (SSSR count). The van der Waals surface area contributed by atoms with Crippen molar-refractivity contribution in [3.8, 4) is 5.75 Å². The van der Waals surface area contributed by atoms with E-state index in [1.807, 2.05) is 0 Å². The van der Waals surface area contributed by atoms with Crippen LogP contribution >= 0.6 is 0 Å². The van der Waals surface area contributed by atoms with Crippen LogP contribution in [0.4, 0.5) is 8.78 Å². The van der Waals surface area contributed by atoms with Crippen molar-refractivity contribution in [2.24, 2.45) is 5.92 Å². The van der Waals surface area contributed by atoms with Gasteiger partial charge in [-0.05, 0) is 50.3 Å². The van der Waals surface area contributed by atoms with Gasteiger partial charge in [-0.25, -0.2) is 4.39 Å². The summed E-state index contributed by atoms with van der Waals surface area (Å²) in [7, 11) is 0. The third-order valence-electron chi connectivity index (χ3n) is 3.98. The van der Waals surface area contributed by atoms with Gasteiger partial charge >= 0.3 is 0 Å². The minimum absolute atomic E-state index is 0.0149. The number of benzene rings is 1. The molecule has 1 N–H and O–H groups in total. The molecule has 2 unspecified atom stereocenters. The van der Waals surface area contributed by atoms with Crippen molar-refractivity contribution in [3.05, 3.63) is 29.8 Å². The van der Waals surface area contributed by atoms with Crippen molar-refractivity contribution in [1.82, 2.24) is 5.32 Å². The highest BCUT2D eigenvalue weighted by molar-refractivity contribution is 5.24. The monoisotopic (exact) mass is 283 g/mol. The summed E-state index contributed by atoms with van der Waals surface area (Å²) in [5.74, 6) is -1.15. The third kappa shape index (κ3) is 3.92. The standard InChI is InChI=1S/C16H23F2NO/c1-2-10-19-14-7-3-5-12(14)9-11-20-15-8-4-6-13(17)16(15)18/h4,6,8,12,14,19H,2-3,5,7,9-11H2,1H3. The molecule has 1 saturated carbocycles. The van der Waals surface area contributed by atoms with E-state index in [9.17, 15) is 8.78 Å². The lowest BCUT2D eigenvalue weighted by Gasteiger charge is -2.21. The van der Waals surface area contributed by atoms with Crippen LogP contribution < -0.4 is 10.1 Å². The van der Waals surface area contributed by atoms with Gasteiger partial charge in [-0.3, -0.25) is 0 Å². The topological polar surface area (TPSA) is 21.3 Å². The Hall–Kier alpha value is -1.16. The Bertz CT molecular complexity index is 425. The largest absolute Gasteiger partial charge is 0.490 e. The first-order valence-corrected chi connectivity index (χ1v) is 7.52. The maximum atomic E-state index is 13.4. The summed E-state index contributed by atoms with van der Waals surface area (Å²) in [6, 6.07) is 4.59. The van der Waals surface area contributed by atoms with E-state index in [1.165, 1.54) is 31.4 Å². The van der Waals surface area contributed by atoms with E-state index < -0.39 is 11.6 Å². The highest BCUT2D eigenvalue weighted by Crippen LogP contribution is 2.29. The molecule has 2 atom stereocenters. The Labute approximate surface area is 119 Å². The number of hydrogen-bond acceptors (Lipinski definition) is 2. The fourth-order valence-electron chi connectivity index (χ4n) is 2.90. The summed E-state index contributed by atoms with van der Waals surface area (Å²) in [5, 5.41) is 3.56. The van der Waals surface area contributed by atoms with Crippen LogP contribution in [0.3, 0.4) is 0 Å². The van der Waals surface area contributed by atoms with Crippen LogP contribution in [0.2, 0.25) is 0 Å². The van der Waals surface area contributed by atoms with E-state index in [4.69, 9.17) is 4.74 Å². The van der Waals surface area contributed by atoms with Crippen molar-refractivity contribution in [2.45, 2.75) is 45.1 Å². The molecule has 20 heavy (non-hydrogen) atoms. The zero-order valence-corrected chi connectivity index (χ0v) is 12.0. The molecular formula is C16H23F2NO. The fourth-order valence-corrected chi connectivity index (χ4v) is 2.90. The van der Waals surface area contributed by atoms with E-state index in [0.29, 0.717) is 18.6 Å². The van der Waals surface area contributed by atoms with E-state index in [2.05, 4.69) is 12.2 Å². The van der Waals surface area contributed by atoms with Gasteiger partial charge in [0.25, 0.3) is 0 Å². The highest BCUT2D eigenvalue weighted by Gasteiger charge is 2.26. The van der Waals surface area contributed by atoms with E-state index in [-0.39, 0.29) is 5.75 Å². The van der Waals surface area contributed by atoms with Gasteiger partial charge in [-0.2, -0.15) is 4.39 Å². The zero-order chi connectivity index (χ0) is 14.4. The number of nitrogens with one attached hydrogen (secondary N) is 1. The Morgan fingerprint density at radius 1 is 1.30 bits per heavy atom. The minimum atomic E-state index is -0.889. The smallest absolute Gasteiger partial charge is 0.200 e. The summed E-state index contributed by atoms with van der Waals surface area (Å²) in [5.41, 5.74) is 0.